The van der Waals surface area contributed by atoms with Crippen molar-refractivity contribution in [2.45, 2.75) is 12.8 Å². The number of nitrogens with one attached hydrogen (secondary N) is 1. The van der Waals surface area contributed by atoms with Gasteiger partial charge in [-0.3, -0.25) is 19.3 Å². The van der Waals surface area contributed by atoms with Gasteiger partial charge in [-0.05, 0) is 12.1 Å². The van der Waals surface area contributed by atoms with Crippen LogP contribution in [0, 0.1) is 0 Å². The van der Waals surface area contributed by atoms with E-state index in [0.29, 0.717) is 11.4 Å². The number of hydrogen-bond donors (Lipinski definition) is 1. The molecule has 0 radical (unpaired) electrons. The molecule has 1 aliphatic heterocycles. The fraction of sp³-hybridized carbons (Fsp3) is 0.308. The van der Waals surface area contributed by atoms with Crippen LogP contribution in [-0.4, -0.2) is 36.3 Å². The Morgan fingerprint density at radius 2 is 2.00 bits per heavy atom. The third-order valence-electron chi connectivity index (χ3n) is 2.81. The summed E-state index contributed by atoms with van der Waals surface area (Å²) in [5.41, 5.74) is 0.559. The summed E-state index contributed by atoms with van der Waals surface area (Å²) in [7, 11) is 1.53. The highest BCUT2D eigenvalue weighted by Gasteiger charge is 2.30. The van der Waals surface area contributed by atoms with Gasteiger partial charge in [-0.15, -0.1) is 0 Å². The second-order valence-corrected chi connectivity index (χ2v) is 4.15. The van der Waals surface area contributed by atoms with Crippen LogP contribution in [0.4, 0.5) is 5.69 Å². The molecule has 0 atom stereocenters. The zero-order valence-corrected chi connectivity index (χ0v) is 10.5. The molecule has 0 aromatic heterocycles. The molecule has 3 amide bonds. The lowest BCUT2D eigenvalue weighted by atomic mass is 10.3. The number of hydrogen-bond acceptors (Lipinski definition) is 4. The van der Waals surface area contributed by atoms with E-state index in [1.54, 1.807) is 24.3 Å². The van der Waals surface area contributed by atoms with Gasteiger partial charge in [0.25, 0.3) is 0 Å². The molecule has 6 heteroatoms. The van der Waals surface area contributed by atoms with Gasteiger partial charge in [0.15, 0.2) is 0 Å². The van der Waals surface area contributed by atoms with Crippen molar-refractivity contribution in [1.82, 2.24) is 4.90 Å². The number of amides is 3. The minimum atomic E-state index is -0.406. The van der Waals surface area contributed by atoms with Crippen LogP contribution < -0.4 is 10.1 Å². The molecule has 6 nitrogen and oxygen atoms in total. The van der Waals surface area contributed by atoms with Crippen LogP contribution in [-0.2, 0) is 14.4 Å². The van der Waals surface area contributed by atoms with Crippen LogP contribution in [0.5, 0.6) is 5.75 Å². The van der Waals surface area contributed by atoms with Crippen molar-refractivity contribution in [1.29, 1.82) is 0 Å². The second-order valence-electron chi connectivity index (χ2n) is 4.15. The molecule has 0 spiro atoms. The summed E-state index contributed by atoms with van der Waals surface area (Å²) in [6, 6.07) is 6.85. The van der Waals surface area contributed by atoms with Gasteiger partial charge in [0.1, 0.15) is 12.3 Å². The van der Waals surface area contributed by atoms with E-state index in [-0.39, 0.29) is 31.2 Å². The predicted octanol–water partition coefficient (Wildman–Crippen LogP) is 0.783. The number of rotatable bonds is 4. The fourth-order valence-corrected chi connectivity index (χ4v) is 1.84. The van der Waals surface area contributed by atoms with Crippen molar-refractivity contribution in [2.24, 2.45) is 0 Å². The van der Waals surface area contributed by atoms with E-state index < -0.39 is 5.91 Å². The summed E-state index contributed by atoms with van der Waals surface area (Å²) in [5, 5.41) is 2.62. The van der Waals surface area contributed by atoms with Crippen molar-refractivity contribution in [3.8, 4) is 5.75 Å². The number of benzene rings is 1. The van der Waals surface area contributed by atoms with Crippen molar-refractivity contribution in [2.75, 3.05) is 19.0 Å². The zero-order valence-electron chi connectivity index (χ0n) is 10.5. The van der Waals surface area contributed by atoms with Crippen LogP contribution in [0.2, 0.25) is 0 Å². The van der Waals surface area contributed by atoms with Gasteiger partial charge in [-0.25, -0.2) is 0 Å². The average molecular weight is 262 g/mol. The van der Waals surface area contributed by atoms with Crippen LogP contribution >= 0.6 is 0 Å². The summed E-state index contributed by atoms with van der Waals surface area (Å²) in [5.74, 6) is -0.389. The molecule has 1 aromatic rings. The molecule has 1 fully saturated rings. The van der Waals surface area contributed by atoms with E-state index in [2.05, 4.69) is 5.32 Å². The van der Waals surface area contributed by atoms with Gasteiger partial charge in [0.05, 0.1) is 7.11 Å². The maximum Gasteiger partial charge on any atom is 0.244 e. The lowest BCUT2D eigenvalue weighted by molar-refractivity contribution is -0.141. The molecule has 1 saturated heterocycles. The van der Waals surface area contributed by atoms with Crippen molar-refractivity contribution in [3.63, 3.8) is 0 Å². The molecule has 1 aromatic carbocycles. The third-order valence-corrected chi connectivity index (χ3v) is 2.81. The number of nitrogens with zero attached hydrogens (tertiary/aromatic N) is 1. The smallest absolute Gasteiger partial charge is 0.244 e. The van der Waals surface area contributed by atoms with Gasteiger partial charge in [0.2, 0.25) is 17.7 Å². The summed E-state index contributed by atoms with van der Waals surface area (Å²) >= 11 is 0. The fourth-order valence-electron chi connectivity index (χ4n) is 1.84. The third kappa shape index (κ3) is 3.09. The van der Waals surface area contributed by atoms with Crippen molar-refractivity contribution >= 4 is 23.4 Å². The molecular weight excluding hydrogens is 248 g/mol. The molecule has 2 rings (SSSR count). The molecule has 1 heterocycles. The maximum absolute atomic E-state index is 11.8. The molecule has 100 valence electrons. The van der Waals surface area contributed by atoms with Crippen LogP contribution in [0.3, 0.4) is 0 Å². The molecule has 0 unspecified atom stereocenters. The number of imide groups is 1. The highest BCUT2D eigenvalue weighted by molar-refractivity contribution is 6.06. The Labute approximate surface area is 110 Å². The summed E-state index contributed by atoms with van der Waals surface area (Å²) in [6.07, 6.45) is 0.372. The zero-order chi connectivity index (χ0) is 13.8. The molecule has 1 aliphatic rings. The van der Waals surface area contributed by atoms with E-state index in [9.17, 15) is 14.4 Å². The first-order chi connectivity index (χ1) is 9.10. The number of ether oxygens (including phenoxy) is 1. The summed E-state index contributed by atoms with van der Waals surface area (Å²) < 4.78 is 5.03. The maximum atomic E-state index is 11.8. The predicted molar refractivity (Wildman–Crippen MR) is 67.6 cm³/mol. The number of methoxy groups -OCH3 is 1. The van der Waals surface area contributed by atoms with Gasteiger partial charge >= 0.3 is 0 Å². The summed E-state index contributed by atoms with van der Waals surface area (Å²) in [4.78, 5) is 35.5. The largest absolute Gasteiger partial charge is 0.497 e. The molecule has 19 heavy (non-hydrogen) atoms. The molecule has 0 aliphatic carbocycles. The monoisotopic (exact) mass is 262 g/mol. The first kappa shape index (κ1) is 13.1. The van der Waals surface area contributed by atoms with Crippen LogP contribution in [0.25, 0.3) is 0 Å². The molecule has 1 N–H and O–H groups in total. The van der Waals surface area contributed by atoms with Crippen LogP contribution in [0.1, 0.15) is 12.8 Å². The normalized spacial score (nSPS) is 14.7. The second kappa shape index (κ2) is 5.51. The van der Waals surface area contributed by atoms with Crippen molar-refractivity contribution in [3.05, 3.63) is 24.3 Å². The first-order valence-corrected chi connectivity index (χ1v) is 5.87. The Kier molecular flexibility index (Phi) is 3.79. The molecule has 0 bridgehead atoms. The number of carbonyl (C=O) groups excluding carboxylic acids is 3. The van der Waals surface area contributed by atoms with Gasteiger partial charge in [-0.2, -0.15) is 0 Å². The van der Waals surface area contributed by atoms with Gasteiger partial charge in [0, 0.05) is 24.6 Å². The Bertz CT molecular complexity index is 511. The Morgan fingerprint density at radius 1 is 1.32 bits per heavy atom. The minimum Gasteiger partial charge on any atom is -0.497 e. The van der Waals surface area contributed by atoms with E-state index in [4.69, 9.17) is 4.74 Å². The van der Waals surface area contributed by atoms with Crippen LogP contribution in [0.15, 0.2) is 24.3 Å². The first-order valence-electron chi connectivity index (χ1n) is 5.87. The Morgan fingerprint density at radius 3 is 2.63 bits per heavy atom. The summed E-state index contributed by atoms with van der Waals surface area (Å²) in [6.45, 7) is -0.241. The highest BCUT2D eigenvalue weighted by Crippen LogP contribution is 2.17. The molecule has 0 saturated carbocycles. The van der Waals surface area contributed by atoms with E-state index in [1.807, 2.05) is 0 Å². The Hall–Kier alpha value is -2.37. The lowest BCUT2D eigenvalue weighted by Gasteiger charge is -2.13. The number of likely N-dealkylation sites (tertiary alicyclic amines) is 1. The lowest BCUT2D eigenvalue weighted by Crippen LogP contribution is -2.36. The minimum absolute atomic E-state index is 0.186. The van der Waals surface area contributed by atoms with Gasteiger partial charge < -0.3 is 10.1 Å². The number of carbonyl (C=O) groups is 3. The molecular formula is C13H14N2O4. The van der Waals surface area contributed by atoms with E-state index in [1.165, 1.54) is 7.11 Å². The average Bonchev–Trinajstić information content (AvgIpc) is 2.71. The van der Waals surface area contributed by atoms with E-state index >= 15 is 0 Å². The van der Waals surface area contributed by atoms with Crippen molar-refractivity contribution < 1.29 is 19.1 Å². The van der Waals surface area contributed by atoms with Gasteiger partial charge in [-0.1, -0.05) is 6.07 Å². The highest BCUT2D eigenvalue weighted by atomic mass is 16.5. The SMILES string of the molecule is COc1cccc(NC(=O)CN2C(=O)CCC2=O)c1. The number of anilines is 1. The topological polar surface area (TPSA) is 75.7 Å². The quantitative estimate of drug-likeness (QED) is 0.814. The standard InChI is InChI=1S/C13H14N2O4/c1-19-10-4-2-3-9(7-10)14-11(16)8-15-12(17)5-6-13(15)18/h2-4,7H,5-6,8H2,1H3,(H,14,16). The Balaban J connectivity index is 1.97. The van der Waals surface area contributed by atoms with E-state index in [0.717, 1.165) is 4.90 Å².